The summed E-state index contributed by atoms with van der Waals surface area (Å²) in [6.07, 6.45) is 2.63. The highest BCUT2D eigenvalue weighted by atomic mass is 19.1. The predicted molar refractivity (Wildman–Crippen MR) is 92.0 cm³/mol. The molecule has 1 aliphatic rings. The Morgan fingerprint density at radius 3 is 2.92 bits per heavy atom. The summed E-state index contributed by atoms with van der Waals surface area (Å²) in [5.41, 5.74) is 2.17. The van der Waals surface area contributed by atoms with Crippen LogP contribution < -0.4 is 10.1 Å². The summed E-state index contributed by atoms with van der Waals surface area (Å²) in [7, 11) is 1.71. The van der Waals surface area contributed by atoms with E-state index < -0.39 is 5.82 Å². The molecule has 0 bridgehead atoms. The summed E-state index contributed by atoms with van der Waals surface area (Å²) < 4.78 is 19.8. The molecule has 0 atom stereocenters. The molecule has 8 nitrogen and oxygen atoms in total. The van der Waals surface area contributed by atoms with E-state index in [4.69, 9.17) is 4.74 Å². The monoisotopic (exact) mass is 358 g/mol. The van der Waals surface area contributed by atoms with Gasteiger partial charge in [-0.25, -0.2) is 9.18 Å². The predicted octanol–water partition coefficient (Wildman–Crippen LogP) is 1.93. The first-order valence-corrected chi connectivity index (χ1v) is 8.40. The number of urea groups is 1. The number of aromatic amines is 1. The van der Waals surface area contributed by atoms with Gasteiger partial charge in [-0.15, -0.1) is 0 Å². The van der Waals surface area contributed by atoms with Crippen molar-refractivity contribution >= 4 is 16.9 Å². The first-order chi connectivity index (χ1) is 12.6. The van der Waals surface area contributed by atoms with E-state index in [-0.39, 0.29) is 18.4 Å². The van der Waals surface area contributed by atoms with Crippen molar-refractivity contribution in [2.45, 2.75) is 19.6 Å². The third-order valence-corrected chi connectivity index (χ3v) is 4.32. The lowest BCUT2D eigenvalue weighted by Gasteiger charge is -2.30. The second kappa shape index (κ2) is 6.66. The largest absolute Gasteiger partial charge is 0.484 e. The fourth-order valence-electron chi connectivity index (χ4n) is 2.81. The van der Waals surface area contributed by atoms with E-state index in [0.717, 1.165) is 36.1 Å². The van der Waals surface area contributed by atoms with Crippen molar-refractivity contribution < 1.29 is 13.9 Å². The number of carbonyl (C=O) groups excluding carboxylic acids is 1. The molecule has 0 unspecified atom stereocenters. The number of fused-ring (bicyclic) bond motifs is 1. The Labute approximate surface area is 148 Å². The molecule has 0 saturated carbocycles. The fraction of sp³-hybridized carbons (Fsp3) is 0.353. The Morgan fingerprint density at radius 2 is 2.23 bits per heavy atom. The van der Waals surface area contributed by atoms with Gasteiger partial charge >= 0.3 is 6.03 Å². The van der Waals surface area contributed by atoms with Crippen molar-refractivity contribution in [3.05, 3.63) is 41.6 Å². The topological polar surface area (TPSA) is 88.1 Å². The number of halogens is 1. The van der Waals surface area contributed by atoms with E-state index in [2.05, 4.69) is 20.5 Å². The van der Waals surface area contributed by atoms with Crippen LogP contribution in [0, 0.1) is 5.82 Å². The number of rotatable bonds is 5. The SMILES string of the molecule is Cn1ncc(COc2cc3[nH]c(CNC(=O)N4CCC4)cc3cc2F)n1. The minimum Gasteiger partial charge on any atom is -0.484 e. The Bertz CT molecular complexity index is 946. The molecule has 2 amide bonds. The molecule has 2 N–H and O–H groups in total. The van der Waals surface area contributed by atoms with E-state index in [1.807, 2.05) is 6.07 Å². The second-order valence-corrected chi connectivity index (χ2v) is 6.28. The number of hydrogen-bond acceptors (Lipinski definition) is 4. The summed E-state index contributed by atoms with van der Waals surface area (Å²) in [4.78, 5) is 18.2. The number of carbonyl (C=O) groups is 1. The van der Waals surface area contributed by atoms with E-state index in [1.54, 1.807) is 24.2 Å². The lowest BCUT2D eigenvalue weighted by Crippen LogP contribution is -2.47. The van der Waals surface area contributed by atoms with E-state index in [0.29, 0.717) is 12.2 Å². The Kier molecular flexibility index (Phi) is 4.19. The summed E-state index contributed by atoms with van der Waals surface area (Å²) >= 11 is 0. The van der Waals surface area contributed by atoms with E-state index >= 15 is 0 Å². The van der Waals surface area contributed by atoms with Gasteiger partial charge in [-0.1, -0.05) is 0 Å². The molecule has 1 fully saturated rings. The Morgan fingerprint density at radius 1 is 1.38 bits per heavy atom. The van der Waals surface area contributed by atoms with Crippen molar-refractivity contribution in [3.63, 3.8) is 0 Å². The van der Waals surface area contributed by atoms with Crippen LogP contribution in [0.1, 0.15) is 17.8 Å². The van der Waals surface area contributed by atoms with Gasteiger partial charge in [-0.2, -0.15) is 15.0 Å². The molecule has 2 aromatic heterocycles. The van der Waals surface area contributed by atoms with E-state index in [1.165, 1.54) is 10.9 Å². The van der Waals surface area contributed by atoms with Gasteiger partial charge in [0.1, 0.15) is 12.3 Å². The van der Waals surface area contributed by atoms with Gasteiger partial charge in [-0.05, 0) is 18.6 Å². The molecule has 26 heavy (non-hydrogen) atoms. The number of H-pyrrole nitrogens is 1. The van der Waals surface area contributed by atoms with Crippen LogP contribution in [0.2, 0.25) is 0 Å². The maximum Gasteiger partial charge on any atom is 0.317 e. The van der Waals surface area contributed by atoms with Gasteiger partial charge < -0.3 is 19.9 Å². The van der Waals surface area contributed by atoms with Crippen LogP contribution >= 0.6 is 0 Å². The Balaban J connectivity index is 1.44. The molecular formula is C17H19FN6O2. The number of nitrogens with one attached hydrogen (secondary N) is 2. The number of benzene rings is 1. The maximum atomic E-state index is 14.3. The number of likely N-dealkylation sites (tertiary alicyclic amines) is 1. The van der Waals surface area contributed by atoms with Gasteiger partial charge in [0.05, 0.1) is 12.7 Å². The molecule has 4 rings (SSSR count). The highest BCUT2D eigenvalue weighted by Gasteiger charge is 2.19. The van der Waals surface area contributed by atoms with Crippen LogP contribution in [-0.2, 0) is 20.2 Å². The van der Waals surface area contributed by atoms with Gasteiger partial charge in [0, 0.05) is 42.8 Å². The molecule has 1 aliphatic heterocycles. The molecule has 0 aliphatic carbocycles. The fourth-order valence-corrected chi connectivity index (χ4v) is 2.81. The second-order valence-electron chi connectivity index (χ2n) is 6.28. The van der Waals surface area contributed by atoms with Crippen molar-refractivity contribution in [2.75, 3.05) is 13.1 Å². The van der Waals surface area contributed by atoms with Crippen molar-refractivity contribution in [3.8, 4) is 5.75 Å². The van der Waals surface area contributed by atoms with Crippen LogP contribution in [0.25, 0.3) is 10.9 Å². The minimum absolute atomic E-state index is 0.0749. The van der Waals surface area contributed by atoms with Crippen LogP contribution in [-0.4, -0.2) is 44.0 Å². The lowest BCUT2D eigenvalue weighted by atomic mass is 10.2. The van der Waals surface area contributed by atoms with Crippen LogP contribution in [0.3, 0.4) is 0 Å². The van der Waals surface area contributed by atoms with Gasteiger partial charge in [0.2, 0.25) is 0 Å². The highest BCUT2D eigenvalue weighted by molar-refractivity contribution is 5.82. The number of ether oxygens (including phenoxy) is 1. The number of aromatic nitrogens is 4. The maximum absolute atomic E-state index is 14.3. The van der Waals surface area contributed by atoms with Gasteiger partial charge in [0.15, 0.2) is 11.6 Å². The van der Waals surface area contributed by atoms with Crippen molar-refractivity contribution in [1.29, 1.82) is 0 Å². The molecule has 1 aromatic carbocycles. The summed E-state index contributed by atoms with van der Waals surface area (Å²) in [5.74, 6) is -0.308. The molecule has 1 saturated heterocycles. The van der Waals surface area contributed by atoms with Crippen LogP contribution in [0.15, 0.2) is 24.4 Å². The first kappa shape index (κ1) is 16.4. The van der Waals surface area contributed by atoms with Gasteiger partial charge in [0.25, 0.3) is 0 Å². The summed E-state index contributed by atoms with van der Waals surface area (Å²) in [5, 5.41) is 11.6. The normalized spacial score (nSPS) is 13.7. The average molecular weight is 358 g/mol. The first-order valence-electron chi connectivity index (χ1n) is 8.40. The molecular weight excluding hydrogens is 339 g/mol. The van der Waals surface area contributed by atoms with Crippen LogP contribution in [0.4, 0.5) is 9.18 Å². The third-order valence-electron chi connectivity index (χ3n) is 4.32. The Hall–Kier alpha value is -3.10. The minimum atomic E-state index is -0.448. The summed E-state index contributed by atoms with van der Waals surface area (Å²) in [6.45, 7) is 2.10. The third kappa shape index (κ3) is 3.32. The van der Waals surface area contributed by atoms with Crippen LogP contribution in [0.5, 0.6) is 5.75 Å². The molecule has 3 aromatic rings. The lowest BCUT2D eigenvalue weighted by molar-refractivity contribution is 0.167. The number of amides is 2. The smallest absolute Gasteiger partial charge is 0.317 e. The zero-order valence-corrected chi connectivity index (χ0v) is 14.3. The van der Waals surface area contributed by atoms with Crippen molar-refractivity contribution in [1.82, 2.24) is 30.2 Å². The zero-order chi connectivity index (χ0) is 18.1. The zero-order valence-electron chi connectivity index (χ0n) is 14.3. The van der Waals surface area contributed by atoms with Gasteiger partial charge in [-0.3, -0.25) is 0 Å². The number of aryl methyl sites for hydroxylation is 1. The molecule has 0 spiro atoms. The quantitative estimate of drug-likeness (QED) is 0.729. The molecule has 9 heteroatoms. The summed E-state index contributed by atoms with van der Waals surface area (Å²) in [6, 6.07) is 4.77. The van der Waals surface area contributed by atoms with E-state index in [9.17, 15) is 9.18 Å². The molecule has 0 radical (unpaired) electrons. The highest BCUT2D eigenvalue weighted by Crippen LogP contribution is 2.26. The standard InChI is InChI=1S/C17H19FN6O2/c1-23-20-9-13(22-23)10-26-16-7-15-11(6-14(16)18)5-12(21-15)8-19-17(25)24-3-2-4-24/h5-7,9,21H,2-4,8,10H2,1H3,(H,19,25). The molecule has 3 heterocycles. The van der Waals surface area contributed by atoms with Crippen molar-refractivity contribution in [2.24, 2.45) is 7.05 Å². The molecule has 136 valence electrons. The average Bonchev–Trinajstić information content (AvgIpc) is 3.14. The number of nitrogens with zero attached hydrogens (tertiary/aromatic N) is 4. The number of hydrogen-bond donors (Lipinski definition) is 2.